The molecule has 184 valence electrons. The third-order valence-corrected chi connectivity index (χ3v) is 6.42. The van der Waals surface area contributed by atoms with Gasteiger partial charge in [-0.2, -0.15) is 13.2 Å². The van der Waals surface area contributed by atoms with Gasteiger partial charge in [-0.05, 0) is 30.9 Å². The van der Waals surface area contributed by atoms with Gasteiger partial charge in [0.15, 0.2) is 11.6 Å². The molecular formula is C22H19F5N6O2. The number of rotatable bonds is 3. The van der Waals surface area contributed by atoms with Crippen LogP contribution in [0.4, 0.5) is 32.4 Å². The Morgan fingerprint density at radius 2 is 1.89 bits per heavy atom. The van der Waals surface area contributed by atoms with Gasteiger partial charge in [-0.3, -0.25) is 0 Å². The van der Waals surface area contributed by atoms with E-state index in [-0.39, 0.29) is 23.9 Å². The maximum absolute atomic E-state index is 14.8. The van der Waals surface area contributed by atoms with Crippen molar-refractivity contribution in [3.63, 3.8) is 0 Å². The fourth-order valence-corrected chi connectivity index (χ4v) is 5.15. The summed E-state index contributed by atoms with van der Waals surface area (Å²) >= 11 is 0. The lowest BCUT2D eigenvalue weighted by Crippen LogP contribution is -2.70. The molecule has 2 bridgehead atoms. The van der Waals surface area contributed by atoms with E-state index in [1.165, 1.54) is 4.90 Å². The Labute approximate surface area is 195 Å². The zero-order valence-corrected chi connectivity index (χ0v) is 18.5. The van der Waals surface area contributed by atoms with Crippen LogP contribution in [0, 0.1) is 24.5 Å². The quantitative estimate of drug-likeness (QED) is 0.511. The molecule has 2 aromatic heterocycles. The number of fused-ring (bicyclic) bond motifs is 2. The summed E-state index contributed by atoms with van der Waals surface area (Å²) in [5, 5.41) is 10.3. The Kier molecular flexibility index (Phi) is 5.25. The molecule has 1 aliphatic carbocycles. The van der Waals surface area contributed by atoms with Gasteiger partial charge in [-0.15, -0.1) is 10.2 Å². The van der Waals surface area contributed by atoms with E-state index in [1.807, 2.05) is 6.92 Å². The van der Waals surface area contributed by atoms with Gasteiger partial charge in [0.25, 0.3) is 0 Å². The second-order valence-corrected chi connectivity index (χ2v) is 8.96. The van der Waals surface area contributed by atoms with Crippen molar-refractivity contribution < 1.29 is 31.2 Å². The Balaban J connectivity index is 1.51. The summed E-state index contributed by atoms with van der Waals surface area (Å²) in [5.74, 6) is -1.76. The van der Waals surface area contributed by atoms with Crippen molar-refractivity contribution in [2.24, 2.45) is 5.92 Å². The van der Waals surface area contributed by atoms with Crippen molar-refractivity contribution in [3.05, 3.63) is 53.5 Å². The number of carbonyl (C=O) groups excluding carboxylic acids is 1. The first-order valence-corrected chi connectivity index (χ1v) is 10.8. The van der Waals surface area contributed by atoms with Crippen molar-refractivity contribution in [1.29, 1.82) is 0 Å². The van der Waals surface area contributed by atoms with E-state index in [1.54, 1.807) is 6.92 Å². The summed E-state index contributed by atoms with van der Waals surface area (Å²) in [6, 6.07) is 0.163. The van der Waals surface area contributed by atoms with Gasteiger partial charge in [0.1, 0.15) is 11.4 Å². The van der Waals surface area contributed by atoms with Crippen LogP contribution in [0.5, 0.6) is 0 Å². The fraction of sp³-hybridized carbons (Fsp3) is 0.409. The average Bonchev–Trinajstić information content (AvgIpc) is 3.21. The van der Waals surface area contributed by atoms with Gasteiger partial charge >= 0.3 is 12.2 Å². The van der Waals surface area contributed by atoms with E-state index in [2.05, 4.69) is 25.5 Å². The van der Waals surface area contributed by atoms with Gasteiger partial charge in [0.2, 0.25) is 11.8 Å². The minimum absolute atomic E-state index is 0.177. The van der Waals surface area contributed by atoms with Crippen LogP contribution in [0.2, 0.25) is 0 Å². The second-order valence-electron chi connectivity index (χ2n) is 8.96. The molecule has 1 N–H and O–H groups in total. The number of urea groups is 1. The highest BCUT2D eigenvalue weighted by molar-refractivity contribution is 5.92. The fourth-order valence-electron chi connectivity index (χ4n) is 5.15. The first kappa shape index (κ1) is 23.1. The maximum Gasteiger partial charge on any atom is 0.417 e. The number of halogens is 5. The van der Waals surface area contributed by atoms with Crippen LogP contribution >= 0.6 is 0 Å². The number of carbonyl (C=O) groups is 1. The number of nitrogens with zero attached hydrogens (tertiary/aromatic N) is 5. The van der Waals surface area contributed by atoms with Gasteiger partial charge in [-0.1, -0.05) is 6.92 Å². The molecule has 1 aromatic carbocycles. The molecule has 8 nitrogen and oxygen atoms in total. The minimum atomic E-state index is -4.94. The zero-order chi connectivity index (χ0) is 25.1. The monoisotopic (exact) mass is 494 g/mol. The molecule has 3 heterocycles. The number of hydrogen-bond donors (Lipinski definition) is 1. The number of likely N-dealkylation sites (tertiary alicyclic amines) is 1. The highest BCUT2D eigenvalue weighted by atomic mass is 19.4. The maximum atomic E-state index is 14.8. The van der Waals surface area contributed by atoms with Crippen LogP contribution in [-0.4, -0.2) is 37.1 Å². The van der Waals surface area contributed by atoms with Crippen molar-refractivity contribution in [1.82, 2.24) is 25.1 Å². The summed E-state index contributed by atoms with van der Waals surface area (Å²) in [4.78, 5) is 21.9. The molecule has 13 heteroatoms. The number of benzene rings is 1. The SMILES string of the molecule is Cc1nnc([C@]23C[C@H](C)C[C@H](C2)N3C(=O)Nc2cc(-c3ncc(F)cn3)c(C(F)(F)F)cc2F)o1. The molecule has 2 aliphatic rings. The summed E-state index contributed by atoms with van der Waals surface area (Å²) in [5.41, 5.74) is -3.33. The number of aromatic nitrogens is 4. The van der Waals surface area contributed by atoms with Gasteiger partial charge < -0.3 is 14.6 Å². The molecule has 2 fully saturated rings. The largest absolute Gasteiger partial charge is 0.423 e. The number of hydrogen-bond acceptors (Lipinski definition) is 6. The van der Waals surface area contributed by atoms with Crippen molar-refractivity contribution in [3.8, 4) is 11.4 Å². The lowest BCUT2D eigenvalue weighted by molar-refractivity contribution is -0.137. The Bertz CT molecular complexity index is 1290. The molecule has 35 heavy (non-hydrogen) atoms. The van der Waals surface area contributed by atoms with Crippen LogP contribution in [0.15, 0.2) is 28.9 Å². The molecule has 0 unspecified atom stereocenters. The summed E-state index contributed by atoms with van der Waals surface area (Å²) in [6.45, 7) is 3.65. The molecule has 2 amide bonds. The number of nitrogens with one attached hydrogen (secondary N) is 1. The van der Waals surface area contributed by atoms with E-state index in [9.17, 15) is 26.7 Å². The minimum Gasteiger partial charge on any atom is -0.423 e. The average molecular weight is 494 g/mol. The third-order valence-electron chi connectivity index (χ3n) is 6.42. The van der Waals surface area contributed by atoms with E-state index >= 15 is 0 Å². The van der Waals surface area contributed by atoms with Crippen molar-refractivity contribution in [2.45, 2.75) is 50.9 Å². The van der Waals surface area contributed by atoms with Crippen LogP contribution in [0.1, 0.15) is 43.5 Å². The molecule has 0 spiro atoms. The van der Waals surface area contributed by atoms with Crippen LogP contribution in [0.25, 0.3) is 11.4 Å². The molecule has 3 aromatic rings. The Morgan fingerprint density at radius 3 is 2.51 bits per heavy atom. The normalized spacial score (nSPS) is 23.7. The summed E-state index contributed by atoms with van der Waals surface area (Å²) in [7, 11) is 0. The van der Waals surface area contributed by atoms with E-state index in [0.717, 1.165) is 6.07 Å². The van der Waals surface area contributed by atoms with Crippen LogP contribution < -0.4 is 5.32 Å². The van der Waals surface area contributed by atoms with Crippen LogP contribution in [0.3, 0.4) is 0 Å². The zero-order valence-electron chi connectivity index (χ0n) is 18.5. The lowest BCUT2D eigenvalue weighted by Gasteiger charge is -2.61. The number of amides is 2. The molecule has 0 radical (unpaired) electrons. The molecule has 3 atom stereocenters. The number of alkyl halides is 3. The first-order chi connectivity index (χ1) is 16.5. The molecule has 1 saturated heterocycles. The first-order valence-electron chi connectivity index (χ1n) is 10.8. The Morgan fingerprint density at radius 1 is 1.17 bits per heavy atom. The van der Waals surface area contributed by atoms with Gasteiger partial charge in [0, 0.05) is 24.9 Å². The predicted octanol–water partition coefficient (Wildman–Crippen LogP) is 5.06. The highest BCUT2D eigenvalue weighted by Gasteiger charge is 2.62. The van der Waals surface area contributed by atoms with E-state index in [4.69, 9.17) is 4.42 Å². The number of anilines is 1. The molecule has 1 aliphatic heterocycles. The van der Waals surface area contributed by atoms with Crippen LogP contribution in [-0.2, 0) is 11.7 Å². The van der Waals surface area contributed by atoms with Crippen molar-refractivity contribution in [2.75, 3.05) is 5.32 Å². The predicted molar refractivity (Wildman–Crippen MR) is 111 cm³/mol. The molecule has 1 saturated carbocycles. The Hall–Kier alpha value is -3.64. The van der Waals surface area contributed by atoms with E-state index in [0.29, 0.717) is 37.5 Å². The standard InChI is InChI=1S/C22H19F5N6O2/c1-10-3-13-7-21(6-10,19-32-31-11(2)35-19)33(13)20(34)30-17-4-14(18-28-8-12(23)9-29-18)15(5-16(17)24)22(25,26)27/h4-5,8-10,13H,3,6-7H2,1-2H3,(H,30,34)/t10-,13-,21+/m1/s1. The molecule has 5 rings (SSSR count). The van der Waals surface area contributed by atoms with E-state index < -0.39 is 52.0 Å². The third kappa shape index (κ3) is 3.88. The second kappa shape index (κ2) is 7.95. The summed E-state index contributed by atoms with van der Waals surface area (Å²) < 4.78 is 74.4. The van der Waals surface area contributed by atoms with Gasteiger partial charge in [-0.25, -0.2) is 23.5 Å². The van der Waals surface area contributed by atoms with Crippen molar-refractivity contribution >= 4 is 11.7 Å². The highest BCUT2D eigenvalue weighted by Crippen LogP contribution is 2.55. The number of piperidine rings is 1. The smallest absolute Gasteiger partial charge is 0.417 e. The summed E-state index contributed by atoms with van der Waals surface area (Å²) in [6.07, 6.45) is -1.72. The lowest BCUT2D eigenvalue weighted by atomic mass is 9.64. The number of aryl methyl sites for hydroxylation is 1. The topological polar surface area (TPSA) is 97.0 Å². The van der Waals surface area contributed by atoms with Gasteiger partial charge in [0.05, 0.1) is 23.6 Å². The molecular weight excluding hydrogens is 475 g/mol.